The molecule has 1 aliphatic carbocycles. The van der Waals surface area contributed by atoms with Crippen LogP contribution in [0.4, 0.5) is 4.39 Å². The van der Waals surface area contributed by atoms with E-state index in [0.29, 0.717) is 18.9 Å². The number of likely N-dealkylation sites (tertiary alicyclic amines) is 2. The molecule has 5 heteroatoms. The molecular formula is C24H31FN2O2. The minimum Gasteiger partial charge on any atom is -0.337 e. The Bertz CT molecular complexity index is 793. The highest BCUT2D eigenvalue weighted by atomic mass is 19.1. The van der Waals surface area contributed by atoms with Gasteiger partial charge in [0.25, 0.3) is 0 Å². The van der Waals surface area contributed by atoms with E-state index in [1.807, 2.05) is 15.9 Å². The van der Waals surface area contributed by atoms with Crippen molar-refractivity contribution >= 4 is 11.8 Å². The fourth-order valence-corrected chi connectivity index (χ4v) is 5.52. The molecule has 29 heavy (non-hydrogen) atoms. The SMILES string of the molecule is CC(=O)N1CCCCC[C@@H]2[C@@H]1[C@H](c1cccc(F)c1)CN2C(=O)CC1C=CCC1. The Balaban J connectivity index is 1.67. The standard InChI is InChI=1S/C24H31FN2O2/c1-17(28)26-13-6-2-3-12-22-24(26)21(19-10-7-11-20(25)15-19)16-27(22)23(29)14-18-8-4-5-9-18/h4,7-8,10-11,15,18,21-22,24H,2-3,5-6,9,12-14,16H2,1H3/t18?,21-,22+,24-/m0/s1. The monoisotopic (exact) mass is 398 g/mol. The third-order valence-corrected chi connectivity index (χ3v) is 6.91. The van der Waals surface area contributed by atoms with Gasteiger partial charge in [0.05, 0.1) is 12.1 Å². The zero-order valence-electron chi connectivity index (χ0n) is 17.2. The largest absolute Gasteiger partial charge is 0.337 e. The van der Waals surface area contributed by atoms with E-state index in [0.717, 1.165) is 50.6 Å². The summed E-state index contributed by atoms with van der Waals surface area (Å²) in [6.07, 6.45) is 11.0. The molecule has 0 radical (unpaired) electrons. The summed E-state index contributed by atoms with van der Waals surface area (Å²) >= 11 is 0. The van der Waals surface area contributed by atoms with Gasteiger partial charge < -0.3 is 9.80 Å². The van der Waals surface area contributed by atoms with Gasteiger partial charge in [-0.3, -0.25) is 9.59 Å². The van der Waals surface area contributed by atoms with E-state index in [9.17, 15) is 14.0 Å². The van der Waals surface area contributed by atoms with E-state index < -0.39 is 0 Å². The predicted molar refractivity (Wildman–Crippen MR) is 111 cm³/mol. The lowest BCUT2D eigenvalue weighted by atomic mass is 9.86. The molecule has 0 spiro atoms. The third-order valence-electron chi connectivity index (χ3n) is 6.91. The molecule has 0 aromatic heterocycles. The van der Waals surface area contributed by atoms with Crippen LogP contribution in [0.5, 0.6) is 0 Å². The highest BCUT2D eigenvalue weighted by Gasteiger charge is 2.48. The van der Waals surface area contributed by atoms with Crippen LogP contribution in [-0.2, 0) is 9.59 Å². The maximum absolute atomic E-state index is 14.0. The Hall–Kier alpha value is -2.17. The number of hydrogen-bond acceptors (Lipinski definition) is 2. The molecule has 4 nitrogen and oxygen atoms in total. The first-order valence-electron chi connectivity index (χ1n) is 11.0. The first-order chi connectivity index (χ1) is 14.0. The maximum Gasteiger partial charge on any atom is 0.223 e. The number of halogens is 1. The first kappa shape index (κ1) is 20.1. The zero-order valence-corrected chi connectivity index (χ0v) is 17.2. The van der Waals surface area contributed by atoms with Crippen LogP contribution < -0.4 is 0 Å². The molecule has 3 aliphatic rings. The van der Waals surface area contributed by atoms with Crippen molar-refractivity contribution in [2.45, 2.75) is 69.9 Å². The second-order valence-electron chi connectivity index (χ2n) is 8.80. The van der Waals surface area contributed by atoms with Crippen molar-refractivity contribution in [1.29, 1.82) is 0 Å². The topological polar surface area (TPSA) is 40.6 Å². The van der Waals surface area contributed by atoms with Crippen LogP contribution in [0.15, 0.2) is 36.4 Å². The summed E-state index contributed by atoms with van der Waals surface area (Å²) in [5.41, 5.74) is 0.892. The summed E-state index contributed by atoms with van der Waals surface area (Å²) in [5.74, 6) is 0.253. The minimum absolute atomic E-state index is 0.0188. The summed E-state index contributed by atoms with van der Waals surface area (Å²) in [4.78, 5) is 29.8. The van der Waals surface area contributed by atoms with Crippen LogP contribution in [0.3, 0.4) is 0 Å². The highest BCUT2D eigenvalue weighted by molar-refractivity contribution is 5.79. The van der Waals surface area contributed by atoms with Gasteiger partial charge in [-0.05, 0) is 49.3 Å². The quantitative estimate of drug-likeness (QED) is 0.714. The Morgan fingerprint density at radius 3 is 2.72 bits per heavy atom. The van der Waals surface area contributed by atoms with E-state index in [4.69, 9.17) is 0 Å². The Morgan fingerprint density at radius 2 is 2.00 bits per heavy atom. The van der Waals surface area contributed by atoms with Gasteiger partial charge >= 0.3 is 0 Å². The minimum atomic E-state index is -0.264. The normalized spacial score (nSPS) is 29.4. The van der Waals surface area contributed by atoms with Crippen LogP contribution in [0, 0.1) is 11.7 Å². The summed E-state index contributed by atoms with van der Waals surface area (Å²) in [6, 6.07) is 6.64. The molecular weight excluding hydrogens is 367 g/mol. The summed E-state index contributed by atoms with van der Waals surface area (Å²) in [5, 5.41) is 0. The smallest absolute Gasteiger partial charge is 0.223 e. The Kier molecular flexibility index (Phi) is 6.02. The first-order valence-corrected chi connectivity index (χ1v) is 11.0. The van der Waals surface area contributed by atoms with Crippen LogP contribution in [0.2, 0.25) is 0 Å². The number of amides is 2. The number of rotatable bonds is 3. The molecule has 2 heterocycles. The molecule has 4 atom stereocenters. The molecule has 1 aromatic carbocycles. The number of hydrogen-bond donors (Lipinski definition) is 0. The Morgan fingerprint density at radius 1 is 1.14 bits per heavy atom. The number of carbonyl (C=O) groups excluding carboxylic acids is 2. The molecule has 0 saturated carbocycles. The zero-order chi connectivity index (χ0) is 20.4. The van der Waals surface area contributed by atoms with E-state index in [-0.39, 0.29) is 35.6 Å². The fourth-order valence-electron chi connectivity index (χ4n) is 5.52. The van der Waals surface area contributed by atoms with Gasteiger partial charge in [0.1, 0.15) is 5.82 Å². The van der Waals surface area contributed by atoms with Gasteiger partial charge in [0, 0.05) is 32.4 Å². The van der Waals surface area contributed by atoms with Crippen molar-refractivity contribution in [3.05, 3.63) is 47.8 Å². The van der Waals surface area contributed by atoms with E-state index >= 15 is 0 Å². The van der Waals surface area contributed by atoms with Gasteiger partial charge in [-0.25, -0.2) is 4.39 Å². The van der Waals surface area contributed by atoms with E-state index in [1.165, 1.54) is 6.07 Å². The van der Waals surface area contributed by atoms with E-state index in [2.05, 4.69) is 12.2 Å². The number of allylic oxidation sites excluding steroid dienone is 2. The maximum atomic E-state index is 14.0. The van der Waals surface area contributed by atoms with E-state index in [1.54, 1.807) is 19.1 Å². The predicted octanol–water partition coefficient (Wildman–Crippen LogP) is 4.27. The van der Waals surface area contributed by atoms with Crippen molar-refractivity contribution in [3.8, 4) is 0 Å². The van der Waals surface area contributed by atoms with Gasteiger partial charge in [-0.1, -0.05) is 37.1 Å². The molecule has 0 N–H and O–H groups in total. The number of benzene rings is 1. The lowest BCUT2D eigenvalue weighted by Gasteiger charge is -2.38. The molecule has 2 fully saturated rings. The highest BCUT2D eigenvalue weighted by Crippen LogP contribution is 2.40. The summed E-state index contributed by atoms with van der Waals surface area (Å²) in [6.45, 7) is 2.91. The average Bonchev–Trinajstić information content (AvgIpc) is 3.29. The van der Waals surface area contributed by atoms with Crippen LogP contribution in [0.25, 0.3) is 0 Å². The molecule has 0 bridgehead atoms. The molecule has 156 valence electrons. The van der Waals surface area contributed by atoms with Crippen molar-refractivity contribution in [2.24, 2.45) is 5.92 Å². The van der Waals surface area contributed by atoms with Gasteiger partial charge in [-0.15, -0.1) is 0 Å². The molecule has 1 unspecified atom stereocenters. The average molecular weight is 399 g/mol. The van der Waals surface area contributed by atoms with Gasteiger partial charge in [0.2, 0.25) is 11.8 Å². The second-order valence-corrected chi connectivity index (χ2v) is 8.80. The molecule has 2 amide bonds. The molecule has 2 aliphatic heterocycles. The van der Waals surface area contributed by atoms with Crippen molar-refractivity contribution < 1.29 is 14.0 Å². The molecule has 4 rings (SSSR count). The van der Waals surface area contributed by atoms with Crippen molar-refractivity contribution in [1.82, 2.24) is 9.80 Å². The second kappa shape index (κ2) is 8.68. The van der Waals surface area contributed by atoms with Crippen LogP contribution in [0.1, 0.15) is 63.4 Å². The Labute approximate surface area is 172 Å². The number of carbonyl (C=O) groups is 2. The molecule has 1 aromatic rings. The molecule has 2 saturated heterocycles. The van der Waals surface area contributed by atoms with Crippen molar-refractivity contribution in [3.63, 3.8) is 0 Å². The van der Waals surface area contributed by atoms with Gasteiger partial charge in [-0.2, -0.15) is 0 Å². The lowest BCUT2D eigenvalue weighted by molar-refractivity contribution is -0.137. The van der Waals surface area contributed by atoms with Crippen molar-refractivity contribution in [2.75, 3.05) is 13.1 Å². The number of nitrogens with zero attached hydrogens (tertiary/aromatic N) is 2. The third kappa shape index (κ3) is 4.24. The lowest BCUT2D eigenvalue weighted by Crippen LogP contribution is -2.51. The van der Waals surface area contributed by atoms with Gasteiger partial charge in [0.15, 0.2) is 0 Å². The van der Waals surface area contributed by atoms with Crippen LogP contribution >= 0.6 is 0 Å². The summed E-state index contributed by atoms with van der Waals surface area (Å²) in [7, 11) is 0. The number of fused-ring (bicyclic) bond motifs is 1. The van der Waals surface area contributed by atoms with Crippen LogP contribution in [-0.4, -0.2) is 46.8 Å². The fraction of sp³-hybridized carbons (Fsp3) is 0.583. The summed E-state index contributed by atoms with van der Waals surface area (Å²) < 4.78 is 14.0.